The average Bonchev–Trinajstić information content (AvgIpc) is 3.36. The van der Waals surface area contributed by atoms with Gasteiger partial charge >= 0.3 is 0 Å². The Kier molecular flexibility index (Phi) is 5.16. The zero-order chi connectivity index (χ0) is 25.4. The molecule has 0 unspecified atom stereocenters. The lowest BCUT2D eigenvalue weighted by Gasteiger charge is -2.29. The number of pyridine rings is 1. The number of hydrogen-bond acceptors (Lipinski definition) is 1. The first-order valence-electron chi connectivity index (χ1n) is 13.4. The van der Waals surface area contributed by atoms with Gasteiger partial charge in [-0.1, -0.05) is 64.1 Å². The lowest BCUT2D eigenvalue weighted by Crippen LogP contribution is -2.32. The van der Waals surface area contributed by atoms with E-state index < -0.39 is 0 Å². The minimum Gasteiger partial charge on any atom is -0.455 e. The van der Waals surface area contributed by atoms with Gasteiger partial charge in [0.2, 0.25) is 5.69 Å². The molecule has 0 bridgehead atoms. The first kappa shape index (κ1) is 23.0. The van der Waals surface area contributed by atoms with Crippen molar-refractivity contribution in [2.75, 3.05) is 0 Å². The van der Waals surface area contributed by atoms with Gasteiger partial charge in [0.05, 0.1) is 5.56 Å². The summed E-state index contributed by atoms with van der Waals surface area (Å²) in [5.41, 5.74) is 14.0. The maximum atomic E-state index is 6.78. The number of benzene rings is 3. The average molecular weight is 475 g/mol. The van der Waals surface area contributed by atoms with Gasteiger partial charge in [-0.05, 0) is 78.1 Å². The summed E-state index contributed by atoms with van der Waals surface area (Å²) in [6, 6.07) is 20.6. The third-order valence-electron chi connectivity index (χ3n) is 8.84. The Balaban J connectivity index is 1.66. The summed E-state index contributed by atoms with van der Waals surface area (Å²) >= 11 is 0. The Labute approximate surface area is 214 Å². The van der Waals surface area contributed by atoms with Crippen molar-refractivity contribution < 1.29 is 8.98 Å². The lowest BCUT2D eigenvalue weighted by molar-refractivity contribution is -0.660. The highest BCUT2D eigenvalue weighted by molar-refractivity contribution is 6.11. The van der Waals surface area contributed by atoms with E-state index >= 15 is 0 Å². The van der Waals surface area contributed by atoms with Crippen LogP contribution in [0, 0.1) is 13.8 Å². The predicted molar refractivity (Wildman–Crippen MR) is 151 cm³/mol. The molecule has 6 rings (SSSR count). The van der Waals surface area contributed by atoms with Crippen LogP contribution in [0.4, 0.5) is 0 Å². The molecule has 0 atom stereocenters. The molecular weight excluding hydrogens is 438 g/mol. The van der Waals surface area contributed by atoms with E-state index in [4.69, 9.17) is 4.42 Å². The molecule has 2 aromatic heterocycles. The molecule has 0 spiro atoms. The fourth-order valence-corrected chi connectivity index (χ4v) is 6.84. The molecule has 2 heteroatoms. The van der Waals surface area contributed by atoms with Gasteiger partial charge in [-0.2, -0.15) is 0 Å². The molecule has 182 valence electrons. The summed E-state index contributed by atoms with van der Waals surface area (Å²) in [5.74, 6) is 0.496. The van der Waals surface area contributed by atoms with E-state index in [1.807, 2.05) is 0 Å². The zero-order valence-corrected chi connectivity index (χ0v) is 22.6. The summed E-state index contributed by atoms with van der Waals surface area (Å²) < 4.78 is 9.06. The number of aryl methyl sites for hydroxylation is 3. The molecule has 0 N–H and O–H groups in total. The molecule has 0 aliphatic heterocycles. The van der Waals surface area contributed by atoms with Crippen LogP contribution < -0.4 is 4.57 Å². The molecule has 0 amide bonds. The van der Waals surface area contributed by atoms with Crippen LogP contribution >= 0.6 is 0 Å². The highest BCUT2D eigenvalue weighted by Gasteiger charge is 2.41. The Morgan fingerprint density at radius 2 is 1.58 bits per heavy atom. The van der Waals surface area contributed by atoms with Crippen molar-refractivity contribution in [3.05, 3.63) is 88.6 Å². The number of furan rings is 1. The standard InChI is InChI=1S/C34H36NO/c1-8-34(9-2)28-13-11-10-12-23(28)25-17-26-24-15-14-21(5)32(33(24)36-31(26)18-29(25)34)30-16-22(6)27(20(3)4)19-35(30)7/h10-20H,8-9H2,1-7H3/q+1. The van der Waals surface area contributed by atoms with E-state index in [2.05, 4.69) is 114 Å². The third-order valence-corrected chi connectivity index (χ3v) is 8.84. The smallest absolute Gasteiger partial charge is 0.216 e. The Bertz CT molecular complexity index is 1660. The van der Waals surface area contributed by atoms with Crippen molar-refractivity contribution in [1.29, 1.82) is 0 Å². The molecule has 0 radical (unpaired) electrons. The Morgan fingerprint density at radius 1 is 0.833 bits per heavy atom. The van der Waals surface area contributed by atoms with Gasteiger partial charge in [-0.25, -0.2) is 4.57 Å². The highest BCUT2D eigenvalue weighted by atomic mass is 16.3. The van der Waals surface area contributed by atoms with Crippen molar-refractivity contribution in [3.63, 3.8) is 0 Å². The lowest BCUT2D eigenvalue weighted by atomic mass is 9.74. The van der Waals surface area contributed by atoms with E-state index in [0.29, 0.717) is 5.92 Å². The second-order valence-corrected chi connectivity index (χ2v) is 11.0. The van der Waals surface area contributed by atoms with Crippen LogP contribution in [0.2, 0.25) is 0 Å². The van der Waals surface area contributed by atoms with Gasteiger partial charge in [0.1, 0.15) is 18.2 Å². The van der Waals surface area contributed by atoms with E-state index in [0.717, 1.165) is 24.0 Å². The van der Waals surface area contributed by atoms with E-state index in [-0.39, 0.29) is 5.41 Å². The molecule has 3 aromatic carbocycles. The first-order valence-corrected chi connectivity index (χ1v) is 13.4. The Morgan fingerprint density at radius 3 is 2.31 bits per heavy atom. The normalized spacial score (nSPS) is 14.1. The first-order chi connectivity index (χ1) is 17.3. The number of aromatic nitrogens is 1. The fourth-order valence-electron chi connectivity index (χ4n) is 6.84. The number of rotatable bonds is 4. The maximum Gasteiger partial charge on any atom is 0.216 e. The number of hydrogen-bond donors (Lipinski definition) is 0. The van der Waals surface area contributed by atoms with E-state index in [9.17, 15) is 0 Å². The van der Waals surface area contributed by atoms with E-state index in [1.54, 1.807) is 0 Å². The van der Waals surface area contributed by atoms with Crippen molar-refractivity contribution in [2.45, 2.75) is 65.7 Å². The second-order valence-electron chi connectivity index (χ2n) is 11.0. The third kappa shape index (κ3) is 3.00. The number of fused-ring (bicyclic) bond motifs is 6. The van der Waals surface area contributed by atoms with Crippen LogP contribution in [-0.2, 0) is 12.5 Å². The molecule has 0 fully saturated rings. The van der Waals surface area contributed by atoms with Gasteiger partial charge in [-0.15, -0.1) is 0 Å². The van der Waals surface area contributed by atoms with Gasteiger partial charge < -0.3 is 4.42 Å². The van der Waals surface area contributed by atoms with Gasteiger partial charge in [0.15, 0.2) is 6.20 Å². The quantitative estimate of drug-likeness (QED) is 0.238. The van der Waals surface area contributed by atoms with Crippen molar-refractivity contribution in [1.82, 2.24) is 0 Å². The van der Waals surface area contributed by atoms with Crippen LogP contribution in [0.25, 0.3) is 44.3 Å². The number of nitrogens with zero attached hydrogens (tertiary/aromatic N) is 1. The maximum absolute atomic E-state index is 6.78. The molecule has 1 aliphatic rings. The monoisotopic (exact) mass is 474 g/mol. The van der Waals surface area contributed by atoms with Crippen LogP contribution in [0.15, 0.2) is 65.2 Å². The van der Waals surface area contributed by atoms with Crippen LogP contribution in [0.1, 0.15) is 74.3 Å². The molecule has 0 saturated heterocycles. The molecular formula is C34H36NO+. The van der Waals surface area contributed by atoms with Gasteiger partial charge in [0, 0.05) is 27.8 Å². The van der Waals surface area contributed by atoms with Gasteiger partial charge in [0.25, 0.3) is 0 Å². The van der Waals surface area contributed by atoms with Gasteiger partial charge in [-0.3, -0.25) is 0 Å². The summed E-state index contributed by atoms with van der Waals surface area (Å²) in [6.45, 7) is 13.6. The molecule has 5 aromatic rings. The topological polar surface area (TPSA) is 17.0 Å². The van der Waals surface area contributed by atoms with Crippen molar-refractivity contribution in [3.8, 4) is 22.4 Å². The van der Waals surface area contributed by atoms with Crippen LogP contribution in [-0.4, -0.2) is 0 Å². The minimum absolute atomic E-state index is 0.0497. The second kappa shape index (κ2) is 8.06. The highest BCUT2D eigenvalue weighted by Crippen LogP contribution is 2.54. The molecule has 0 saturated carbocycles. The van der Waals surface area contributed by atoms with Crippen molar-refractivity contribution in [2.24, 2.45) is 7.05 Å². The van der Waals surface area contributed by atoms with Crippen molar-refractivity contribution >= 4 is 21.9 Å². The fraction of sp³-hybridized carbons (Fsp3) is 0.324. The summed E-state index contributed by atoms with van der Waals surface area (Å²) in [7, 11) is 2.16. The minimum atomic E-state index is 0.0497. The largest absolute Gasteiger partial charge is 0.455 e. The predicted octanol–water partition coefficient (Wildman–Crippen LogP) is 8.90. The zero-order valence-electron chi connectivity index (χ0n) is 22.6. The summed E-state index contributed by atoms with van der Waals surface area (Å²) in [5, 5.41) is 2.41. The van der Waals surface area contributed by atoms with E-state index in [1.165, 1.54) is 61.0 Å². The van der Waals surface area contributed by atoms with Crippen LogP contribution in [0.3, 0.4) is 0 Å². The summed E-state index contributed by atoms with van der Waals surface area (Å²) in [6.07, 6.45) is 4.46. The molecule has 1 aliphatic carbocycles. The van der Waals surface area contributed by atoms with Crippen LogP contribution in [0.5, 0.6) is 0 Å². The molecule has 2 nitrogen and oxygen atoms in total. The Hall–Kier alpha value is -3.39. The molecule has 36 heavy (non-hydrogen) atoms. The summed E-state index contributed by atoms with van der Waals surface area (Å²) in [4.78, 5) is 0. The molecule has 2 heterocycles. The SMILES string of the molecule is CCC1(CC)c2ccccc2-c2cc3c(cc21)oc1c(-c2cc(C)c(C(C)C)c[n+]2C)c(C)ccc13.